The number of nitrogens with zero attached hydrogens (tertiary/aromatic N) is 2. The van der Waals surface area contributed by atoms with E-state index in [9.17, 15) is 4.79 Å². The lowest BCUT2D eigenvalue weighted by molar-refractivity contribution is -0.121. The molecule has 1 unspecified atom stereocenters. The molecule has 4 rings (SSSR count). The quantitative estimate of drug-likeness (QED) is 0.591. The minimum atomic E-state index is -0.123. The predicted octanol–water partition coefficient (Wildman–Crippen LogP) is 3.91. The van der Waals surface area contributed by atoms with Gasteiger partial charge in [0, 0.05) is 22.7 Å². The van der Waals surface area contributed by atoms with Crippen LogP contribution in [0.1, 0.15) is 22.2 Å². The van der Waals surface area contributed by atoms with Crippen molar-refractivity contribution < 1.29 is 4.79 Å². The molecule has 0 fully saturated rings. The van der Waals surface area contributed by atoms with Crippen LogP contribution in [-0.4, -0.2) is 15.3 Å². The molecule has 1 amide bonds. The Bertz CT molecular complexity index is 913. The molecule has 0 bridgehead atoms. The summed E-state index contributed by atoms with van der Waals surface area (Å²) in [4.78, 5) is 19.1. The lowest BCUT2D eigenvalue weighted by Gasteiger charge is -2.17. The summed E-state index contributed by atoms with van der Waals surface area (Å²) in [6.07, 6.45) is 4.14. The van der Waals surface area contributed by atoms with Crippen LogP contribution in [0.3, 0.4) is 0 Å². The number of amides is 1. The van der Waals surface area contributed by atoms with Crippen LogP contribution in [0.2, 0.25) is 0 Å². The van der Waals surface area contributed by atoms with E-state index >= 15 is 0 Å². The Morgan fingerprint density at radius 2 is 2.00 bits per heavy atom. The molecule has 4 nitrogen and oxygen atoms in total. The molecule has 3 aromatic heterocycles. The van der Waals surface area contributed by atoms with E-state index in [-0.39, 0.29) is 18.4 Å². The maximum absolute atomic E-state index is 12.5. The van der Waals surface area contributed by atoms with Gasteiger partial charge in [-0.3, -0.25) is 9.20 Å². The van der Waals surface area contributed by atoms with E-state index in [4.69, 9.17) is 0 Å². The second-order valence-electron chi connectivity index (χ2n) is 5.43. The molecule has 0 aliphatic carbocycles. The molecule has 120 valence electrons. The summed E-state index contributed by atoms with van der Waals surface area (Å²) >= 11 is 3.21. The molecule has 0 aliphatic heterocycles. The lowest BCUT2D eigenvalue weighted by atomic mass is 10.1. The molecule has 4 aromatic rings. The fourth-order valence-corrected chi connectivity index (χ4v) is 4.18. The van der Waals surface area contributed by atoms with Gasteiger partial charge in [-0.25, -0.2) is 4.98 Å². The van der Waals surface area contributed by atoms with E-state index < -0.39 is 0 Å². The molecule has 3 heterocycles. The number of carbonyl (C=O) groups is 1. The number of rotatable bonds is 5. The van der Waals surface area contributed by atoms with Crippen molar-refractivity contribution in [1.82, 2.24) is 14.7 Å². The van der Waals surface area contributed by atoms with E-state index in [0.29, 0.717) is 0 Å². The van der Waals surface area contributed by atoms with Crippen molar-refractivity contribution in [3.63, 3.8) is 0 Å². The number of benzene rings is 1. The molecule has 0 saturated heterocycles. The van der Waals surface area contributed by atoms with Crippen molar-refractivity contribution in [3.05, 3.63) is 81.8 Å². The summed E-state index contributed by atoms with van der Waals surface area (Å²) in [6.45, 7) is 0. The zero-order valence-electron chi connectivity index (χ0n) is 12.8. The highest BCUT2D eigenvalue weighted by Crippen LogP contribution is 2.26. The van der Waals surface area contributed by atoms with Crippen LogP contribution in [0.25, 0.3) is 4.96 Å². The Labute approximate surface area is 147 Å². The number of aromatic nitrogens is 2. The third-order valence-corrected chi connectivity index (χ3v) is 5.46. The van der Waals surface area contributed by atoms with Gasteiger partial charge < -0.3 is 5.32 Å². The van der Waals surface area contributed by atoms with Crippen LogP contribution in [0.4, 0.5) is 0 Å². The van der Waals surface area contributed by atoms with E-state index in [1.165, 1.54) is 0 Å². The summed E-state index contributed by atoms with van der Waals surface area (Å²) in [7, 11) is 0. The molecule has 1 aromatic carbocycles. The molecule has 1 atom stereocenters. The van der Waals surface area contributed by atoms with E-state index in [0.717, 1.165) is 21.1 Å². The summed E-state index contributed by atoms with van der Waals surface area (Å²) in [6, 6.07) is 14.0. The molecule has 0 aliphatic rings. The van der Waals surface area contributed by atoms with Crippen LogP contribution in [0.15, 0.2) is 65.6 Å². The topological polar surface area (TPSA) is 46.4 Å². The normalized spacial score (nSPS) is 12.3. The highest BCUT2D eigenvalue weighted by Gasteiger charge is 2.18. The molecule has 0 saturated carbocycles. The van der Waals surface area contributed by atoms with Crippen molar-refractivity contribution >= 4 is 33.5 Å². The summed E-state index contributed by atoms with van der Waals surface area (Å²) in [5.41, 5.74) is 1.87. The van der Waals surface area contributed by atoms with Crippen molar-refractivity contribution in [1.29, 1.82) is 0 Å². The van der Waals surface area contributed by atoms with Crippen molar-refractivity contribution in [3.8, 4) is 0 Å². The molecule has 6 heteroatoms. The minimum absolute atomic E-state index is 0.0250. The highest BCUT2D eigenvalue weighted by atomic mass is 32.1. The van der Waals surface area contributed by atoms with Gasteiger partial charge in [0.2, 0.25) is 5.91 Å². The zero-order chi connectivity index (χ0) is 16.4. The van der Waals surface area contributed by atoms with Gasteiger partial charge in [0.05, 0.1) is 18.2 Å². The van der Waals surface area contributed by atoms with Crippen molar-refractivity contribution in [2.75, 3.05) is 0 Å². The molecular weight excluding hydrogens is 338 g/mol. The predicted molar refractivity (Wildman–Crippen MR) is 97.5 cm³/mol. The number of nitrogens with one attached hydrogen (secondary N) is 1. The average molecular weight is 353 g/mol. The van der Waals surface area contributed by atoms with Crippen LogP contribution < -0.4 is 5.32 Å². The SMILES string of the molecule is O=C(Cc1cn2ccsc2n1)NC(c1ccccc1)c1cccs1. The standard InChI is InChI=1S/C18H15N3OS2/c22-16(11-14-12-21-8-10-24-18(21)19-14)20-17(15-7-4-9-23-15)13-5-2-1-3-6-13/h1-10,12,17H,11H2,(H,20,22). The largest absolute Gasteiger partial charge is 0.344 e. The zero-order valence-corrected chi connectivity index (χ0v) is 14.4. The number of carbonyl (C=O) groups excluding carboxylic acids is 1. The number of imidazole rings is 1. The van der Waals surface area contributed by atoms with Crippen LogP contribution in [0, 0.1) is 0 Å². The Balaban J connectivity index is 1.53. The number of thiophene rings is 1. The van der Waals surface area contributed by atoms with Crippen LogP contribution in [0.5, 0.6) is 0 Å². The van der Waals surface area contributed by atoms with Gasteiger partial charge in [-0.05, 0) is 17.0 Å². The lowest BCUT2D eigenvalue weighted by Crippen LogP contribution is -2.30. The Hall–Kier alpha value is -2.44. The molecular formula is C18H15N3OS2. The van der Waals surface area contributed by atoms with Crippen molar-refractivity contribution in [2.45, 2.75) is 12.5 Å². The van der Waals surface area contributed by atoms with Gasteiger partial charge in [0.1, 0.15) is 0 Å². The smallest absolute Gasteiger partial charge is 0.226 e. The van der Waals surface area contributed by atoms with E-state index in [2.05, 4.69) is 16.4 Å². The summed E-state index contributed by atoms with van der Waals surface area (Å²) < 4.78 is 1.95. The van der Waals surface area contributed by atoms with Crippen LogP contribution in [-0.2, 0) is 11.2 Å². The third-order valence-electron chi connectivity index (χ3n) is 3.75. The van der Waals surface area contributed by atoms with Crippen LogP contribution >= 0.6 is 22.7 Å². The molecule has 24 heavy (non-hydrogen) atoms. The average Bonchev–Trinajstić information content (AvgIpc) is 3.30. The third kappa shape index (κ3) is 3.11. The van der Waals surface area contributed by atoms with Gasteiger partial charge >= 0.3 is 0 Å². The first-order valence-corrected chi connectivity index (χ1v) is 9.34. The maximum atomic E-state index is 12.5. The Morgan fingerprint density at radius 1 is 1.12 bits per heavy atom. The van der Waals surface area contributed by atoms with Gasteiger partial charge in [-0.15, -0.1) is 22.7 Å². The molecule has 0 spiro atoms. The monoisotopic (exact) mass is 353 g/mol. The highest BCUT2D eigenvalue weighted by molar-refractivity contribution is 7.15. The fourth-order valence-electron chi connectivity index (χ4n) is 2.66. The first-order valence-electron chi connectivity index (χ1n) is 7.58. The second-order valence-corrected chi connectivity index (χ2v) is 7.28. The number of hydrogen-bond donors (Lipinski definition) is 1. The molecule has 1 N–H and O–H groups in total. The molecule has 0 radical (unpaired) electrons. The first kappa shape index (κ1) is 15.1. The van der Waals surface area contributed by atoms with Gasteiger partial charge in [-0.1, -0.05) is 36.4 Å². The number of thiazole rings is 1. The van der Waals surface area contributed by atoms with E-state index in [1.807, 2.05) is 64.0 Å². The first-order chi connectivity index (χ1) is 11.8. The summed E-state index contributed by atoms with van der Waals surface area (Å²) in [5, 5.41) is 7.16. The fraction of sp³-hybridized carbons (Fsp3) is 0.111. The second kappa shape index (κ2) is 6.59. The van der Waals surface area contributed by atoms with Crippen molar-refractivity contribution in [2.24, 2.45) is 0 Å². The number of fused-ring (bicyclic) bond motifs is 1. The Kier molecular flexibility index (Phi) is 4.15. The Morgan fingerprint density at radius 3 is 2.75 bits per heavy atom. The summed E-state index contributed by atoms with van der Waals surface area (Å²) in [5.74, 6) is -0.0250. The van der Waals surface area contributed by atoms with Gasteiger partial charge in [0.25, 0.3) is 0 Å². The minimum Gasteiger partial charge on any atom is -0.344 e. The van der Waals surface area contributed by atoms with Gasteiger partial charge in [0.15, 0.2) is 4.96 Å². The van der Waals surface area contributed by atoms with Gasteiger partial charge in [-0.2, -0.15) is 0 Å². The number of hydrogen-bond acceptors (Lipinski definition) is 4. The van der Waals surface area contributed by atoms with E-state index in [1.54, 1.807) is 22.7 Å². The maximum Gasteiger partial charge on any atom is 0.226 e.